The summed E-state index contributed by atoms with van der Waals surface area (Å²) in [5.74, 6) is -4.49. The monoisotopic (exact) mass is 658 g/mol. The van der Waals surface area contributed by atoms with Crippen LogP contribution in [0.4, 0.5) is 23.2 Å². The molecule has 5 aromatic rings. The number of aromatic nitrogens is 4. The summed E-state index contributed by atoms with van der Waals surface area (Å²) in [5.41, 5.74) is -0.548. The van der Waals surface area contributed by atoms with Crippen molar-refractivity contribution >= 4 is 17.1 Å². The molecule has 0 atom stereocenters. The molecule has 0 unspecified atom stereocenters. The maximum atomic E-state index is 14.6. The lowest BCUT2D eigenvalue weighted by Gasteiger charge is -2.13. The molecule has 0 aliphatic heterocycles. The topological polar surface area (TPSA) is 136 Å². The van der Waals surface area contributed by atoms with Crippen LogP contribution in [0.5, 0.6) is 0 Å². The minimum absolute atomic E-state index is 0.00939. The van der Waals surface area contributed by atoms with E-state index in [2.05, 4.69) is 34.5 Å². The van der Waals surface area contributed by atoms with Crippen LogP contribution in [0.25, 0.3) is 71.0 Å². The minimum Gasteiger partial charge on any atom is -0.256 e. The van der Waals surface area contributed by atoms with E-state index < -0.39 is 40.2 Å². The second kappa shape index (κ2) is 11.5. The Bertz CT molecular complexity index is 2610. The van der Waals surface area contributed by atoms with Crippen molar-refractivity contribution in [2.75, 3.05) is 0 Å². The van der Waals surface area contributed by atoms with Gasteiger partial charge < -0.3 is 0 Å². The van der Waals surface area contributed by atoms with Crippen LogP contribution in [0, 0.1) is 77.0 Å². The lowest BCUT2D eigenvalue weighted by Crippen LogP contribution is -2.26. The van der Waals surface area contributed by atoms with Crippen LogP contribution in [0.1, 0.15) is 28.1 Å². The summed E-state index contributed by atoms with van der Waals surface area (Å²) in [6.45, 7) is 22.7. The van der Waals surface area contributed by atoms with E-state index in [1.807, 2.05) is 12.1 Å². The van der Waals surface area contributed by atoms with Crippen LogP contribution >= 0.6 is 0 Å². The SMILES string of the molecule is [C-]#[N+]/C(C#N)=c1/c2c(/c(=C(\C#N)[N+]#[C-])c3c1Cc1ncc(-c4cc(F)c([N+]#[C-])c(F)c4)nc1-3)-c1nc(-c3cc(F)c(C#N)c(F)c3)cnc1C2. The molecule has 0 saturated heterocycles. The van der Waals surface area contributed by atoms with Gasteiger partial charge in [-0.1, -0.05) is 0 Å². The Labute approximate surface area is 278 Å². The molecule has 14 heteroatoms. The summed E-state index contributed by atoms with van der Waals surface area (Å²) in [5, 5.41) is 29.6. The molecule has 7 rings (SSSR count). The second-order valence-corrected chi connectivity index (χ2v) is 10.9. The van der Waals surface area contributed by atoms with Gasteiger partial charge in [-0.2, -0.15) is 5.26 Å². The molecule has 0 spiro atoms. The molecule has 2 heterocycles. The zero-order valence-electron chi connectivity index (χ0n) is 24.9. The quantitative estimate of drug-likeness (QED) is 0.169. The van der Waals surface area contributed by atoms with Crippen molar-refractivity contribution in [3.63, 3.8) is 0 Å². The molecule has 0 amide bonds. The fraction of sp³-hybridized carbons (Fsp3) is 0.0556. The summed E-state index contributed by atoms with van der Waals surface area (Å²) in [6.07, 6.45) is 2.54. The first-order chi connectivity index (χ1) is 24.2. The molecule has 0 saturated carbocycles. The van der Waals surface area contributed by atoms with Gasteiger partial charge in [-0.25, -0.2) is 52.6 Å². The predicted molar refractivity (Wildman–Crippen MR) is 166 cm³/mol. The molecule has 2 aliphatic carbocycles. The third kappa shape index (κ3) is 4.43. The van der Waals surface area contributed by atoms with E-state index in [0.29, 0.717) is 22.5 Å². The highest BCUT2D eigenvalue weighted by molar-refractivity contribution is 5.91. The fourth-order valence-electron chi connectivity index (χ4n) is 6.28. The first-order valence-electron chi connectivity index (χ1n) is 14.2. The van der Waals surface area contributed by atoms with E-state index in [0.717, 1.165) is 24.3 Å². The van der Waals surface area contributed by atoms with Gasteiger partial charge in [0.1, 0.15) is 34.9 Å². The number of hydrogen-bond acceptors (Lipinski definition) is 7. The smallest absolute Gasteiger partial charge is 0.256 e. The number of rotatable bonds is 2. The van der Waals surface area contributed by atoms with E-state index in [1.165, 1.54) is 18.5 Å². The number of fused-ring (bicyclic) bond motifs is 6. The standard InChI is InChI=1S/C36H10F4N10/c1-44-26(11-42)30-17-8-24-35(49-28(13-47-24)15-4-20(37)19(10-41)21(38)5-15)31(17)33(27(12-43)45-2)32-18(30)9-25-36(32)50-29(14-48-25)16-6-22(39)34(46-3)23(40)7-16/h4-7,13-14H,8-9H2/b30-26-,33-27-. The van der Waals surface area contributed by atoms with Crippen LogP contribution in [0.3, 0.4) is 0 Å². The largest absolute Gasteiger partial charge is 0.270 e. The molecular weight excluding hydrogens is 648 g/mol. The zero-order chi connectivity index (χ0) is 35.4. The van der Waals surface area contributed by atoms with Crippen LogP contribution in [0.2, 0.25) is 0 Å². The first-order valence-corrected chi connectivity index (χ1v) is 14.2. The molecule has 0 N–H and O–H groups in total. The highest BCUT2D eigenvalue weighted by Crippen LogP contribution is 2.40. The Hall–Kier alpha value is -7.78. The molecule has 232 valence electrons. The lowest BCUT2D eigenvalue weighted by atomic mass is 9.92. The molecule has 10 nitrogen and oxygen atoms in total. The van der Waals surface area contributed by atoms with Crippen LogP contribution in [-0.2, 0) is 12.8 Å². The number of halogens is 4. The average Bonchev–Trinajstić information content (AvgIpc) is 3.67. The molecule has 0 radical (unpaired) electrons. The van der Waals surface area contributed by atoms with Gasteiger partial charge in [0.25, 0.3) is 17.1 Å². The van der Waals surface area contributed by atoms with E-state index in [4.69, 9.17) is 25.0 Å². The van der Waals surface area contributed by atoms with Gasteiger partial charge in [0.2, 0.25) is 0 Å². The lowest BCUT2D eigenvalue weighted by molar-refractivity contribution is 0.577. The summed E-state index contributed by atoms with van der Waals surface area (Å²) in [6, 6.07) is 8.93. The van der Waals surface area contributed by atoms with Crippen molar-refractivity contribution in [1.29, 1.82) is 15.8 Å². The maximum absolute atomic E-state index is 14.6. The normalized spacial score (nSPS) is 12.8. The molecule has 50 heavy (non-hydrogen) atoms. The summed E-state index contributed by atoms with van der Waals surface area (Å²) >= 11 is 0. The average molecular weight is 659 g/mol. The summed E-state index contributed by atoms with van der Waals surface area (Å²) in [7, 11) is 0. The number of nitriles is 3. The Morgan fingerprint density at radius 1 is 0.660 bits per heavy atom. The van der Waals surface area contributed by atoms with E-state index in [9.17, 15) is 28.1 Å². The van der Waals surface area contributed by atoms with Crippen molar-refractivity contribution < 1.29 is 17.6 Å². The molecular formula is C36H10F4N10. The Balaban J connectivity index is 1.59. The van der Waals surface area contributed by atoms with Crippen molar-refractivity contribution in [1.82, 2.24) is 19.9 Å². The van der Waals surface area contributed by atoms with Crippen LogP contribution in [-0.4, -0.2) is 19.9 Å². The van der Waals surface area contributed by atoms with E-state index in [1.54, 1.807) is 0 Å². The molecule has 0 bridgehead atoms. The van der Waals surface area contributed by atoms with Gasteiger partial charge in [0.05, 0.1) is 78.4 Å². The van der Waals surface area contributed by atoms with Gasteiger partial charge in [-0.3, -0.25) is 9.97 Å². The number of nitrogens with zero attached hydrogens (tertiary/aromatic N) is 10. The fourth-order valence-corrected chi connectivity index (χ4v) is 6.28. The second-order valence-electron chi connectivity index (χ2n) is 10.9. The van der Waals surface area contributed by atoms with E-state index in [-0.39, 0.29) is 74.0 Å². The van der Waals surface area contributed by atoms with Gasteiger partial charge in [0, 0.05) is 45.5 Å². The third-order valence-corrected chi connectivity index (χ3v) is 8.35. The highest BCUT2D eigenvalue weighted by atomic mass is 19.1. The van der Waals surface area contributed by atoms with Crippen molar-refractivity contribution in [2.45, 2.75) is 12.8 Å². The van der Waals surface area contributed by atoms with Crippen molar-refractivity contribution in [2.24, 2.45) is 0 Å². The Morgan fingerprint density at radius 3 is 1.50 bits per heavy atom. The summed E-state index contributed by atoms with van der Waals surface area (Å²) in [4.78, 5) is 28.0. The highest BCUT2D eigenvalue weighted by Gasteiger charge is 2.35. The maximum Gasteiger partial charge on any atom is 0.270 e. The zero-order valence-corrected chi connectivity index (χ0v) is 24.9. The Morgan fingerprint density at radius 2 is 1.10 bits per heavy atom. The van der Waals surface area contributed by atoms with Gasteiger partial charge in [-0.15, -0.1) is 0 Å². The molecule has 0 fully saturated rings. The van der Waals surface area contributed by atoms with E-state index >= 15 is 0 Å². The van der Waals surface area contributed by atoms with Crippen LogP contribution in [0.15, 0.2) is 36.7 Å². The van der Waals surface area contributed by atoms with Gasteiger partial charge >= 0.3 is 0 Å². The number of hydrogen-bond donors (Lipinski definition) is 0. The molecule has 3 aromatic carbocycles. The minimum atomic E-state index is -1.13. The van der Waals surface area contributed by atoms with Crippen LogP contribution < -0.4 is 10.4 Å². The predicted octanol–water partition coefficient (Wildman–Crippen LogP) is 5.82. The van der Waals surface area contributed by atoms with Gasteiger partial charge in [0.15, 0.2) is 0 Å². The molecule has 2 aromatic heterocycles. The van der Waals surface area contributed by atoms with Crippen molar-refractivity contribution in [3.8, 4) is 63.2 Å². The van der Waals surface area contributed by atoms with Crippen molar-refractivity contribution in [3.05, 3.63) is 133 Å². The third-order valence-electron chi connectivity index (χ3n) is 8.35. The number of benzene rings is 3. The Kier molecular flexibility index (Phi) is 7.08. The van der Waals surface area contributed by atoms with Gasteiger partial charge in [-0.05, 0) is 35.4 Å². The first kappa shape index (κ1) is 30.9. The summed E-state index contributed by atoms with van der Waals surface area (Å²) < 4.78 is 58.4. The molecule has 2 aliphatic rings.